The van der Waals surface area contributed by atoms with E-state index in [0.717, 1.165) is 5.69 Å². The zero-order valence-electron chi connectivity index (χ0n) is 10.4. The van der Waals surface area contributed by atoms with Crippen LogP contribution in [0.25, 0.3) is 0 Å². The first kappa shape index (κ1) is 12.7. The Labute approximate surface area is 96.3 Å². The molecular formula is C11H20N4O. The lowest BCUT2D eigenvalue weighted by molar-refractivity contribution is -0.120. The van der Waals surface area contributed by atoms with Gasteiger partial charge in [-0.3, -0.25) is 4.79 Å². The van der Waals surface area contributed by atoms with E-state index in [1.54, 1.807) is 13.4 Å². The summed E-state index contributed by atoms with van der Waals surface area (Å²) < 4.78 is 2.01. The van der Waals surface area contributed by atoms with Gasteiger partial charge in [0.25, 0.3) is 0 Å². The minimum Gasteiger partial charge on any atom is -0.359 e. The van der Waals surface area contributed by atoms with Crippen molar-refractivity contribution in [1.29, 1.82) is 0 Å². The third kappa shape index (κ3) is 2.82. The lowest BCUT2D eigenvalue weighted by atomic mass is 10.0. The lowest BCUT2D eigenvalue weighted by Crippen LogP contribution is -2.35. The standard InChI is InChI=1S/C11H20N4O/c1-11(2,13-4)9-7-14-8-15(9)6-5-10(16)12-3/h7-8,13H,5-6H2,1-4H3,(H,12,16). The maximum absolute atomic E-state index is 11.2. The highest BCUT2D eigenvalue weighted by atomic mass is 16.1. The topological polar surface area (TPSA) is 59.0 Å². The molecule has 5 nitrogen and oxygen atoms in total. The molecule has 1 heterocycles. The van der Waals surface area contributed by atoms with Crippen molar-refractivity contribution in [2.24, 2.45) is 0 Å². The summed E-state index contributed by atoms with van der Waals surface area (Å²) >= 11 is 0. The third-order valence-corrected chi connectivity index (χ3v) is 2.84. The summed E-state index contributed by atoms with van der Waals surface area (Å²) in [6.07, 6.45) is 4.07. The third-order valence-electron chi connectivity index (χ3n) is 2.84. The first-order chi connectivity index (χ1) is 7.51. The molecule has 0 bridgehead atoms. The van der Waals surface area contributed by atoms with E-state index in [1.165, 1.54) is 0 Å². The van der Waals surface area contributed by atoms with Crippen molar-refractivity contribution in [3.63, 3.8) is 0 Å². The molecule has 16 heavy (non-hydrogen) atoms. The molecule has 90 valence electrons. The number of amides is 1. The molecule has 0 saturated carbocycles. The molecule has 1 rings (SSSR count). The van der Waals surface area contributed by atoms with E-state index in [9.17, 15) is 4.79 Å². The van der Waals surface area contributed by atoms with Gasteiger partial charge < -0.3 is 15.2 Å². The van der Waals surface area contributed by atoms with Gasteiger partial charge in [0.05, 0.1) is 17.6 Å². The van der Waals surface area contributed by atoms with Gasteiger partial charge in [-0.05, 0) is 20.9 Å². The first-order valence-electron chi connectivity index (χ1n) is 5.41. The van der Waals surface area contributed by atoms with Crippen LogP contribution in [-0.2, 0) is 16.9 Å². The number of imidazole rings is 1. The number of hydrogen-bond donors (Lipinski definition) is 2. The van der Waals surface area contributed by atoms with Gasteiger partial charge in [-0.1, -0.05) is 0 Å². The van der Waals surface area contributed by atoms with Crippen molar-refractivity contribution in [3.8, 4) is 0 Å². The number of hydrogen-bond acceptors (Lipinski definition) is 3. The predicted molar refractivity (Wildman–Crippen MR) is 63.0 cm³/mol. The van der Waals surface area contributed by atoms with Gasteiger partial charge in [0.1, 0.15) is 0 Å². The summed E-state index contributed by atoms with van der Waals surface area (Å²) in [5, 5.41) is 5.84. The van der Waals surface area contributed by atoms with E-state index in [-0.39, 0.29) is 11.4 Å². The van der Waals surface area contributed by atoms with Gasteiger partial charge in [-0.25, -0.2) is 4.98 Å². The molecule has 2 N–H and O–H groups in total. The van der Waals surface area contributed by atoms with Crippen molar-refractivity contribution < 1.29 is 4.79 Å². The van der Waals surface area contributed by atoms with Gasteiger partial charge in [0.15, 0.2) is 0 Å². The van der Waals surface area contributed by atoms with E-state index < -0.39 is 0 Å². The Morgan fingerprint density at radius 3 is 2.75 bits per heavy atom. The highest BCUT2D eigenvalue weighted by Crippen LogP contribution is 2.18. The molecule has 0 aromatic carbocycles. The average Bonchev–Trinajstić information content (AvgIpc) is 2.74. The number of carbonyl (C=O) groups excluding carboxylic acids is 1. The molecule has 1 amide bonds. The number of aromatic nitrogens is 2. The largest absolute Gasteiger partial charge is 0.359 e. The highest BCUT2D eigenvalue weighted by molar-refractivity contribution is 5.75. The molecule has 0 aliphatic heterocycles. The van der Waals surface area contributed by atoms with Gasteiger partial charge >= 0.3 is 0 Å². The maximum atomic E-state index is 11.2. The molecule has 0 saturated heterocycles. The molecule has 1 aromatic rings. The molecular weight excluding hydrogens is 204 g/mol. The second-order valence-corrected chi connectivity index (χ2v) is 4.27. The fraction of sp³-hybridized carbons (Fsp3) is 0.636. The molecule has 0 aliphatic rings. The molecule has 5 heteroatoms. The van der Waals surface area contributed by atoms with Crippen LogP contribution in [-0.4, -0.2) is 29.6 Å². The predicted octanol–water partition coefficient (Wildman–Crippen LogP) is 0.474. The summed E-state index contributed by atoms with van der Waals surface area (Å²) in [5.41, 5.74) is 0.943. The van der Waals surface area contributed by atoms with E-state index in [1.807, 2.05) is 17.8 Å². The van der Waals surface area contributed by atoms with Crippen LogP contribution in [0.4, 0.5) is 0 Å². The van der Waals surface area contributed by atoms with Crippen molar-refractivity contribution in [3.05, 3.63) is 18.2 Å². The van der Waals surface area contributed by atoms with Gasteiger partial charge in [-0.2, -0.15) is 0 Å². The quantitative estimate of drug-likeness (QED) is 0.764. The minimum atomic E-state index is -0.140. The summed E-state index contributed by atoms with van der Waals surface area (Å²) in [7, 11) is 3.56. The summed E-state index contributed by atoms with van der Waals surface area (Å²) in [4.78, 5) is 15.3. The van der Waals surface area contributed by atoms with Crippen LogP contribution in [0.5, 0.6) is 0 Å². The fourth-order valence-corrected chi connectivity index (χ4v) is 1.49. The molecule has 1 aromatic heterocycles. The Balaban J connectivity index is 2.75. The monoisotopic (exact) mass is 224 g/mol. The smallest absolute Gasteiger partial charge is 0.221 e. The molecule has 0 atom stereocenters. The summed E-state index contributed by atoms with van der Waals surface area (Å²) in [6, 6.07) is 0. The van der Waals surface area contributed by atoms with Crippen LogP contribution in [0.15, 0.2) is 12.5 Å². The van der Waals surface area contributed by atoms with Crippen LogP contribution in [0, 0.1) is 0 Å². The van der Waals surface area contributed by atoms with Gasteiger partial charge in [0.2, 0.25) is 5.91 Å². The molecule has 0 unspecified atom stereocenters. The lowest BCUT2D eigenvalue weighted by Gasteiger charge is -2.25. The Kier molecular flexibility index (Phi) is 4.06. The number of rotatable bonds is 5. The van der Waals surface area contributed by atoms with E-state index in [0.29, 0.717) is 13.0 Å². The SMILES string of the molecule is CNC(=O)CCn1cncc1C(C)(C)NC. The molecule has 0 radical (unpaired) electrons. The van der Waals surface area contributed by atoms with Gasteiger partial charge in [0, 0.05) is 26.2 Å². The molecule has 0 fully saturated rings. The zero-order chi connectivity index (χ0) is 12.2. The Bertz CT molecular complexity index is 357. The number of carbonyl (C=O) groups is 1. The van der Waals surface area contributed by atoms with Crippen LogP contribution in [0.3, 0.4) is 0 Å². The first-order valence-corrected chi connectivity index (χ1v) is 5.41. The number of nitrogens with one attached hydrogen (secondary N) is 2. The Morgan fingerprint density at radius 1 is 1.50 bits per heavy atom. The van der Waals surface area contributed by atoms with E-state index >= 15 is 0 Å². The van der Waals surface area contributed by atoms with E-state index in [4.69, 9.17) is 0 Å². The highest BCUT2D eigenvalue weighted by Gasteiger charge is 2.22. The van der Waals surface area contributed by atoms with Crippen LogP contribution in [0.2, 0.25) is 0 Å². The summed E-state index contributed by atoms with van der Waals surface area (Å²) in [6.45, 7) is 4.82. The average molecular weight is 224 g/mol. The second kappa shape index (κ2) is 5.12. The normalized spacial score (nSPS) is 11.5. The van der Waals surface area contributed by atoms with Crippen molar-refractivity contribution >= 4 is 5.91 Å². The van der Waals surface area contributed by atoms with Crippen molar-refractivity contribution in [1.82, 2.24) is 20.2 Å². The summed E-state index contributed by atoms with van der Waals surface area (Å²) in [5.74, 6) is 0.0434. The van der Waals surface area contributed by atoms with Gasteiger partial charge in [-0.15, -0.1) is 0 Å². The van der Waals surface area contributed by atoms with Crippen molar-refractivity contribution in [2.45, 2.75) is 32.4 Å². The maximum Gasteiger partial charge on any atom is 0.221 e. The van der Waals surface area contributed by atoms with Crippen molar-refractivity contribution in [2.75, 3.05) is 14.1 Å². The zero-order valence-corrected chi connectivity index (χ0v) is 10.4. The van der Waals surface area contributed by atoms with Crippen LogP contribution >= 0.6 is 0 Å². The molecule has 0 aliphatic carbocycles. The van der Waals surface area contributed by atoms with Crippen LogP contribution in [0.1, 0.15) is 26.0 Å². The number of aryl methyl sites for hydroxylation is 1. The Morgan fingerprint density at radius 2 is 2.19 bits per heavy atom. The molecule has 0 spiro atoms. The minimum absolute atomic E-state index is 0.0434. The van der Waals surface area contributed by atoms with E-state index in [2.05, 4.69) is 29.5 Å². The number of nitrogens with zero attached hydrogens (tertiary/aromatic N) is 2. The fourth-order valence-electron chi connectivity index (χ4n) is 1.49. The van der Waals surface area contributed by atoms with Crippen LogP contribution < -0.4 is 10.6 Å². The second-order valence-electron chi connectivity index (χ2n) is 4.27. The Hall–Kier alpha value is -1.36.